The summed E-state index contributed by atoms with van der Waals surface area (Å²) in [5.74, 6) is -0.0888. The van der Waals surface area contributed by atoms with Crippen LogP contribution >= 0.6 is 0 Å². The van der Waals surface area contributed by atoms with Gasteiger partial charge in [-0.25, -0.2) is 0 Å². The summed E-state index contributed by atoms with van der Waals surface area (Å²) in [5.41, 5.74) is 11.6. The van der Waals surface area contributed by atoms with E-state index in [-0.39, 0.29) is 5.91 Å². The van der Waals surface area contributed by atoms with Gasteiger partial charge >= 0.3 is 0 Å². The Morgan fingerprint density at radius 1 is 0.931 bits per heavy atom. The van der Waals surface area contributed by atoms with Gasteiger partial charge in [0.25, 0.3) is 5.91 Å². The van der Waals surface area contributed by atoms with Gasteiger partial charge in [-0.15, -0.1) is 0 Å². The number of amides is 1. The fourth-order valence-electron chi connectivity index (χ4n) is 3.01. The molecule has 154 valence electrons. The monoisotopic (exact) mass is 391 g/mol. The molecule has 0 saturated heterocycles. The third-order valence-corrected chi connectivity index (χ3v) is 4.83. The number of nitrogens with zero attached hydrogens (tertiary/aromatic N) is 2. The molecule has 0 saturated carbocycles. The maximum Gasteiger partial charge on any atom is 0.260 e. The molecule has 2 aromatic rings. The van der Waals surface area contributed by atoms with Crippen LogP contribution in [-0.2, 0) is 0 Å². The van der Waals surface area contributed by atoms with Crippen LogP contribution in [-0.4, -0.2) is 26.5 Å². The maximum absolute atomic E-state index is 13.3. The van der Waals surface area contributed by atoms with Crippen molar-refractivity contribution < 1.29 is 4.79 Å². The number of hydrogen-bond acceptors (Lipinski definition) is 3. The first-order valence-electron chi connectivity index (χ1n) is 10.0. The third kappa shape index (κ3) is 6.53. The second kappa shape index (κ2) is 10.5. The van der Waals surface area contributed by atoms with E-state index in [0.717, 1.165) is 24.2 Å². The number of anilines is 3. The number of allylic oxidation sites excluding steroid dienone is 3. The first-order valence-corrected chi connectivity index (χ1v) is 10.0. The van der Waals surface area contributed by atoms with Crippen LogP contribution < -0.4 is 15.5 Å². The van der Waals surface area contributed by atoms with Gasteiger partial charge < -0.3 is 15.5 Å². The van der Waals surface area contributed by atoms with Crippen molar-refractivity contribution in [2.24, 2.45) is 0 Å². The van der Waals surface area contributed by atoms with Crippen molar-refractivity contribution in [3.8, 4) is 0 Å². The van der Waals surface area contributed by atoms with Crippen molar-refractivity contribution in [1.82, 2.24) is 0 Å². The quantitative estimate of drug-likeness (QED) is 0.465. The molecule has 2 aromatic carbocycles. The van der Waals surface area contributed by atoms with Crippen molar-refractivity contribution in [3.05, 3.63) is 77.4 Å². The Bertz CT molecular complexity index is 875. The number of carbonyl (C=O) groups is 1. The van der Waals surface area contributed by atoms with Crippen LogP contribution in [0.15, 0.2) is 71.8 Å². The lowest BCUT2D eigenvalue weighted by atomic mass is 10.1. The molecule has 0 atom stereocenters. The molecular formula is C25H33N3O. The van der Waals surface area contributed by atoms with Gasteiger partial charge in [-0.3, -0.25) is 4.79 Å². The number of rotatable bonds is 8. The molecule has 0 spiro atoms. The Labute approximate surface area is 175 Å². The van der Waals surface area contributed by atoms with E-state index in [0.29, 0.717) is 17.8 Å². The minimum absolute atomic E-state index is 0.0888. The predicted molar refractivity (Wildman–Crippen MR) is 126 cm³/mol. The largest absolute Gasteiger partial charge is 0.398 e. The summed E-state index contributed by atoms with van der Waals surface area (Å²) in [6.45, 7) is 6.85. The number of nitrogen functional groups attached to an aromatic ring is 1. The summed E-state index contributed by atoms with van der Waals surface area (Å²) in [4.78, 5) is 17.1. The SMILES string of the molecule is CC(C)=CCC/C(C)=C/CN(C(=O)c1ccccc1N)c1ccc(N(C)C)cc1. The number of hydrogen-bond donors (Lipinski definition) is 1. The second-order valence-electron chi connectivity index (χ2n) is 7.78. The molecule has 0 fully saturated rings. The van der Waals surface area contributed by atoms with E-state index in [1.54, 1.807) is 17.0 Å². The van der Waals surface area contributed by atoms with E-state index in [1.807, 2.05) is 55.4 Å². The summed E-state index contributed by atoms with van der Waals surface area (Å²) in [6, 6.07) is 15.3. The van der Waals surface area contributed by atoms with E-state index in [9.17, 15) is 4.79 Å². The lowest BCUT2D eigenvalue weighted by Gasteiger charge is -2.23. The summed E-state index contributed by atoms with van der Waals surface area (Å²) < 4.78 is 0. The molecule has 4 nitrogen and oxygen atoms in total. The Balaban J connectivity index is 2.29. The minimum Gasteiger partial charge on any atom is -0.398 e. The topological polar surface area (TPSA) is 49.6 Å². The Hall–Kier alpha value is -3.01. The molecule has 2 N–H and O–H groups in total. The average Bonchev–Trinajstić information content (AvgIpc) is 2.68. The smallest absolute Gasteiger partial charge is 0.260 e. The molecule has 4 heteroatoms. The van der Waals surface area contributed by atoms with E-state index in [2.05, 4.69) is 32.9 Å². The zero-order chi connectivity index (χ0) is 21.4. The number of para-hydroxylation sites is 1. The van der Waals surface area contributed by atoms with Crippen LogP contribution in [0, 0.1) is 0 Å². The molecule has 0 aliphatic heterocycles. The third-order valence-electron chi connectivity index (χ3n) is 4.83. The van der Waals surface area contributed by atoms with E-state index >= 15 is 0 Å². The summed E-state index contributed by atoms with van der Waals surface area (Å²) in [6.07, 6.45) is 6.38. The molecule has 2 rings (SSSR count). The predicted octanol–water partition coefficient (Wildman–Crippen LogP) is 5.67. The number of nitrogens with two attached hydrogens (primary N) is 1. The van der Waals surface area contributed by atoms with Crippen LogP contribution in [0.3, 0.4) is 0 Å². The fourth-order valence-corrected chi connectivity index (χ4v) is 3.01. The van der Waals surface area contributed by atoms with E-state index in [1.165, 1.54) is 11.1 Å². The van der Waals surface area contributed by atoms with E-state index in [4.69, 9.17) is 5.73 Å². The van der Waals surface area contributed by atoms with Crippen LogP contribution in [0.2, 0.25) is 0 Å². The molecule has 29 heavy (non-hydrogen) atoms. The van der Waals surface area contributed by atoms with Gasteiger partial charge in [0.1, 0.15) is 0 Å². The minimum atomic E-state index is -0.0888. The standard InChI is InChI=1S/C25H33N3O/c1-19(2)9-8-10-20(3)17-18-28(22-15-13-21(14-16-22)27(4)5)25(29)23-11-6-7-12-24(23)26/h6-7,9,11-17H,8,10,18,26H2,1-5H3/b20-17+. The van der Waals surface area contributed by atoms with Crippen molar-refractivity contribution in [2.45, 2.75) is 33.6 Å². The highest BCUT2D eigenvalue weighted by atomic mass is 16.2. The van der Waals surface area contributed by atoms with Gasteiger partial charge in [-0.1, -0.05) is 35.4 Å². The van der Waals surface area contributed by atoms with Gasteiger partial charge in [-0.05, 0) is 70.0 Å². The molecule has 0 unspecified atom stereocenters. The molecule has 0 bridgehead atoms. The molecule has 0 radical (unpaired) electrons. The van der Waals surface area contributed by atoms with E-state index < -0.39 is 0 Å². The molecule has 0 aromatic heterocycles. The first-order chi connectivity index (χ1) is 13.8. The molecule has 1 amide bonds. The van der Waals surface area contributed by atoms with Crippen LogP contribution in [0.5, 0.6) is 0 Å². The van der Waals surface area contributed by atoms with Crippen molar-refractivity contribution >= 4 is 23.0 Å². The second-order valence-corrected chi connectivity index (χ2v) is 7.78. The van der Waals surface area contributed by atoms with Crippen molar-refractivity contribution in [1.29, 1.82) is 0 Å². The number of carbonyl (C=O) groups excluding carboxylic acids is 1. The average molecular weight is 392 g/mol. The lowest BCUT2D eigenvalue weighted by Crippen LogP contribution is -2.32. The van der Waals surface area contributed by atoms with Crippen LogP contribution in [0.4, 0.5) is 17.1 Å². The summed E-state index contributed by atoms with van der Waals surface area (Å²) in [7, 11) is 4.00. The highest BCUT2D eigenvalue weighted by Gasteiger charge is 2.19. The summed E-state index contributed by atoms with van der Waals surface area (Å²) >= 11 is 0. The van der Waals surface area contributed by atoms with Crippen molar-refractivity contribution in [2.75, 3.05) is 36.2 Å². The molecule has 0 aliphatic rings. The highest BCUT2D eigenvalue weighted by molar-refractivity contribution is 6.09. The zero-order valence-electron chi connectivity index (χ0n) is 18.3. The zero-order valence-corrected chi connectivity index (χ0v) is 18.3. The normalized spacial score (nSPS) is 11.1. The lowest BCUT2D eigenvalue weighted by molar-refractivity contribution is 0.0990. The number of benzene rings is 2. The molecule has 0 heterocycles. The molecular weight excluding hydrogens is 358 g/mol. The summed E-state index contributed by atoms with van der Waals surface area (Å²) in [5, 5.41) is 0. The van der Waals surface area contributed by atoms with Gasteiger partial charge in [0, 0.05) is 37.7 Å². The van der Waals surface area contributed by atoms with Gasteiger partial charge in [-0.2, -0.15) is 0 Å². The Morgan fingerprint density at radius 2 is 1.55 bits per heavy atom. The Kier molecular flexibility index (Phi) is 8.08. The van der Waals surface area contributed by atoms with Crippen molar-refractivity contribution in [3.63, 3.8) is 0 Å². The Morgan fingerprint density at radius 3 is 2.14 bits per heavy atom. The maximum atomic E-state index is 13.3. The first kappa shape index (κ1) is 22.3. The van der Waals surface area contributed by atoms with Crippen LogP contribution in [0.25, 0.3) is 0 Å². The highest BCUT2D eigenvalue weighted by Crippen LogP contribution is 2.23. The fraction of sp³-hybridized carbons (Fsp3) is 0.320. The van der Waals surface area contributed by atoms with Gasteiger partial charge in [0.15, 0.2) is 0 Å². The molecule has 0 aliphatic carbocycles. The van der Waals surface area contributed by atoms with Gasteiger partial charge in [0.05, 0.1) is 5.56 Å². The van der Waals surface area contributed by atoms with Gasteiger partial charge in [0.2, 0.25) is 0 Å². The van der Waals surface area contributed by atoms with Crippen LogP contribution in [0.1, 0.15) is 44.0 Å².